The summed E-state index contributed by atoms with van der Waals surface area (Å²) in [6.45, 7) is 5.82. The fourth-order valence-corrected chi connectivity index (χ4v) is 4.51. The van der Waals surface area contributed by atoms with Gasteiger partial charge in [-0.2, -0.15) is 0 Å². The highest BCUT2D eigenvalue weighted by molar-refractivity contribution is 6.39. The summed E-state index contributed by atoms with van der Waals surface area (Å²) in [5.74, 6) is -0.120. The van der Waals surface area contributed by atoms with Gasteiger partial charge in [-0.3, -0.25) is 9.59 Å². The molecular weight excluding hydrogens is 384 g/mol. The molecule has 0 radical (unpaired) electrons. The Labute approximate surface area is 177 Å². The number of rotatable bonds is 2. The van der Waals surface area contributed by atoms with Gasteiger partial charge >= 0.3 is 17.8 Å². The van der Waals surface area contributed by atoms with Gasteiger partial charge in [0.2, 0.25) is 0 Å². The molecule has 9 nitrogen and oxygen atoms in total. The van der Waals surface area contributed by atoms with Gasteiger partial charge in [0.25, 0.3) is 0 Å². The van der Waals surface area contributed by atoms with Gasteiger partial charge in [0.1, 0.15) is 5.82 Å². The fourth-order valence-electron chi connectivity index (χ4n) is 4.51. The smallest absolute Gasteiger partial charge is 0.317 e. The molecule has 0 bridgehead atoms. The third kappa shape index (κ3) is 4.83. The molecule has 0 aromatic carbocycles. The zero-order valence-electron chi connectivity index (χ0n) is 18.0. The van der Waals surface area contributed by atoms with Crippen molar-refractivity contribution in [3.8, 4) is 0 Å². The van der Waals surface area contributed by atoms with Gasteiger partial charge in [0.15, 0.2) is 0 Å². The first-order valence-electron chi connectivity index (χ1n) is 10.6. The molecule has 3 heterocycles. The van der Waals surface area contributed by atoms with Crippen LogP contribution in [0, 0.1) is 18.8 Å². The maximum Gasteiger partial charge on any atom is 0.317 e. The van der Waals surface area contributed by atoms with Crippen LogP contribution in [0.3, 0.4) is 0 Å². The largest absolute Gasteiger partial charge is 0.383 e. The third-order valence-electron chi connectivity index (χ3n) is 6.28. The van der Waals surface area contributed by atoms with Gasteiger partial charge in [-0.1, -0.05) is 6.92 Å². The molecule has 1 aromatic heterocycles. The number of hydrogen-bond acceptors (Lipinski definition) is 5. The number of likely N-dealkylation sites (tertiary alicyclic amines) is 2. The van der Waals surface area contributed by atoms with Crippen molar-refractivity contribution in [1.29, 1.82) is 0 Å². The Bertz CT molecular complexity index is 806. The van der Waals surface area contributed by atoms with Gasteiger partial charge in [-0.05, 0) is 56.1 Å². The normalized spacial score (nSPS) is 22.5. The molecular formula is C21H32N6O3. The van der Waals surface area contributed by atoms with E-state index in [1.807, 2.05) is 0 Å². The Balaban J connectivity index is 1.67. The number of urea groups is 1. The SMILES string of the molecule is CNC(=O)N1CCC([C@@H]2CC[C@@H](C)CN2C(=O)C(=O)Nc2cnc(N)c(C)c2)CC1. The lowest BCUT2D eigenvalue weighted by Gasteiger charge is -2.45. The van der Waals surface area contributed by atoms with E-state index in [2.05, 4.69) is 22.5 Å². The van der Waals surface area contributed by atoms with E-state index in [-0.39, 0.29) is 18.0 Å². The predicted molar refractivity (Wildman–Crippen MR) is 115 cm³/mol. The Morgan fingerprint density at radius 2 is 1.87 bits per heavy atom. The Morgan fingerprint density at radius 3 is 2.50 bits per heavy atom. The van der Waals surface area contributed by atoms with E-state index in [0.717, 1.165) is 31.2 Å². The maximum atomic E-state index is 13.1. The number of nitrogens with one attached hydrogen (secondary N) is 2. The number of carbonyl (C=O) groups excluding carboxylic acids is 3. The molecule has 0 aliphatic carbocycles. The second kappa shape index (κ2) is 9.32. The average Bonchev–Trinajstić information content (AvgIpc) is 2.75. The fraction of sp³-hybridized carbons (Fsp3) is 0.619. The molecule has 2 aliphatic heterocycles. The van der Waals surface area contributed by atoms with Crippen molar-refractivity contribution in [3.05, 3.63) is 17.8 Å². The summed E-state index contributed by atoms with van der Waals surface area (Å²) in [5, 5.41) is 5.33. The van der Waals surface area contributed by atoms with Crippen LogP contribution >= 0.6 is 0 Å². The summed E-state index contributed by atoms with van der Waals surface area (Å²) in [5.41, 5.74) is 6.92. The number of anilines is 2. The van der Waals surface area contributed by atoms with E-state index < -0.39 is 11.8 Å². The number of carbonyl (C=O) groups is 3. The van der Waals surface area contributed by atoms with E-state index in [1.54, 1.807) is 29.8 Å². The monoisotopic (exact) mass is 416 g/mol. The van der Waals surface area contributed by atoms with E-state index in [0.29, 0.717) is 37.1 Å². The topological polar surface area (TPSA) is 121 Å². The molecule has 164 valence electrons. The van der Waals surface area contributed by atoms with Crippen molar-refractivity contribution in [3.63, 3.8) is 0 Å². The minimum absolute atomic E-state index is 0.0255. The summed E-state index contributed by atoms with van der Waals surface area (Å²) in [6, 6.07) is 1.67. The number of amides is 4. The third-order valence-corrected chi connectivity index (χ3v) is 6.28. The first-order valence-corrected chi connectivity index (χ1v) is 10.6. The molecule has 0 spiro atoms. The second-order valence-electron chi connectivity index (χ2n) is 8.47. The van der Waals surface area contributed by atoms with E-state index >= 15 is 0 Å². The van der Waals surface area contributed by atoms with Crippen molar-refractivity contribution in [2.45, 2.75) is 45.6 Å². The highest BCUT2D eigenvalue weighted by Gasteiger charge is 2.39. The molecule has 4 amide bonds. The predicted octanol–water partition coefficient (Wildman–Crippen LogP) is 1.59. The molecule has 2 fully saturated rings. The zero-order chi connectivity index (χ0) is 21.8. The van der Waals surface area contributed by atoms with Crippen LogP contribution in [0.2, 0.25) is 0 Å². The van der Waals surface area contributed by atoms with Crippen LogP contribution in [0.25, 0.3) is 0 Å². The number of hydrogen-bond donors (Lipinski definition) is 3. The van der Waals surface area contributed by atoms with Crippen LogP contribution in [-0.4, -0.2) is 65.4 Å². The summed E-state index contributed by atoms with van der Waals surface area (Å²) in [7, 11) is 1.63. The van der Waals surface area contributed by atoms with Crippen molar-refractivity contribution >= 4 is 29.4 Å². The number of piperidine rings is 2. The molecule has 0 unspecified atom stereocenters. The molecule has 4 N–H and O–H groups in total. The summed E-state index contributed by atoms with van der Waals surface area (Å²) >= 11 is 0. The number of nitrogens with zero attached hydrogens (tertiary/aromatic N) is 3. The second-order valence-corrected chi connectivity index (χ2v) is 8.47. The van der Waals surface area contributed by atoms with E-state index in [1.165, 1.54) is 6.20 Å². The summed E-state index contributed by atoms with van der Waals surface area (Å²) in [4.78, 5) is 45.2. The van der Waals surface area contributed by atoms with Gasteiger partial charge < -0.3 is 26.2 Å². The highest BCUT2D eigenvalue weighted by atomic mass is 16.2. The first kappa shape index (κ1) is 21.9. The molecule has 2 aliphatic rings. The average molecular weight is 417 g/mol. The van der Waals surface area contributed by atoms with Gasteiger partial charge in [0.05, 0.1) is 11.9 Å². The number of nitrogen functional groups attached to an aromatic ring is 1. The molecule has 30 heavy (non-hydrogen) atoms. The Morgan fingerprint density at radius 1 is 1.17 bits per heavy atom. The number of aryl methyl sites for hydroxylation is 1. The lowest BCUT2D eigenvalue weighted by atomic mass is 9.81. The molecule has 1 aromatic rings. The molecule has 3 rings (SSSR count). The van der Waals surface area contributed by atoms with Crippen molar-refractivity contribution in [2.24, 2.45) is 11.8 Å². The summed E-state index contributed by atoms with van der Waals surface area (Å²) in [6.07, 6.45) is 5.04. The molecule has 9 heteroatoms. The Kier molecular flexibility index (Phi) is 6.79. The first-order chi connectivity index (χ1) is 14.3. The quantitative estimate of drug-likeness (QED) is 0.632. The van der Waals surface area contributed by atoms with Gasteiger partial charge in [0, 0.05) is 32.7 Å². The number of aromatic nitrogens is 1. The van der Waals surface area contributed by atoms with Crippen molar-refractivity contribution in [1.82, 2.24) is 20.1 Å². The standard InChI is InChI=1S/C21H32N6O3/c1-13-4-5-17(15-6-8-26(9-7-15)21(30)23-3)27(12-13)20(29)19(28)25-16-10-14(2)18(22)24-11-16/h10-11,13,15,17H,4-9,12H2,1-3H3,(H2,22,24)(H,23,30)(H,25,28)/t13-,17+/m1/s1. The van der Waals surface area contributed by atoms with Crippen molar-refractivity contribution < 1.29 is 14.4 Å². The van der Waals surface area contributed by atoms with Crippen LogP contribution in [0.4, 0.5) is 16.3 Å². The highest BCUT2D eigenvalue weighted by Crippen LogP contribution is 2.32. The Hall–Kier alpha value is -2.84. The lowest BCUT2D eigenvalue weighted by molar-refractivity contribution is -0.148. The maximum absolute atomic E-state index is 13.1. The molecule has 0 saturated carbocycles. The summed E-state index contributed by atoms with van der Waals surface area (Å²) < 4.78 is 0. The van der Waals surface area contributed by atoms with Crippen LogP contribution in [0.5, 0.6) is 0 Å². The number of pyridine rings is 1. The lowest BCUT2D eigenvalue weighted by Crippen LogP contribution is -2.55. The molecule has 2 atom stereocenters. The molecule has 2 saturated heterocycles. The van der Waals surface area contributed by atoms with Gasteiger partial charge in [-0.15, -0.1) is 0 Å². The van der Waals surface area contributed by atoms with Crippen LogP contribution < -0.4 is 16.4 Å². The van der Waals surface area contributed by atoms with Crippen LogP contribution in [0.1, 0.15) is 38.2 Å². The van der Waals surface area contributed by atoms with E-state index in [4.69, 9.17) is 5.73 Å². The number of nitrogens with two attached hydrogens (primary N) is 1. The van der Waals surface area contributed by atoms with Gasteiger partial charge in [-0.25, -0.2) is 9.78 Å². The van der Waals surface area contributed by atoms with Crippen LogP contribution in [-0.2, 0) is 9.59 Å². The zero-order valence-corrected chi connectivity index (χ0v) is 18.0. The van der Waals surface area contributed by atoms with Crippen molar-refractivity contribution in [2.75, 3.05) is 37.7 Å². The minimum atomic E-state index is -0.650. The van der Waals surface area contributed by atoms with Crippen LogP contribution in [0.15, 0.2) is 12.3 Å². The minimum Gasteiger partial charge on any atom is -0.383 e. The van der Waals surface area contributed by atoms with E-state index in [9.17, 15) is 14.4 Å².